The molecule has 19 heavy (non-hydrogen) atoms. The molecule has 0 amide bonds. The van der Waals surface area contributed by atoms with Crippen LogP contribution in [0.1, 0.15) is 40.2 Å². The Morgan fingerprint density at radius 1 is 1.00 bits per heavy atom. The van der Waals surface area contributed by atoms with Crippen LogP contribution in [-0.2, 0) is 6.42 Å². The SMILES string of the molecule is CC(C)COc1ccc(C[C@@H](C)N(C)C(C)C)cc1. The van der Waals surface area contributed by atoms with E-state index in [1.807, 2.05) is 0 Å². The quantitative estimate of drug-likeness (QED) is 0.737. The van der Waals surface area contributed by atoms with Crippen LogP contribution in [-0.4, -0.2) is 30.6 Å². The molecule has 1 atom stereocenters. The summed E-state index contributed by atoms with van der Waals surface area (Å²) >= 11 is 0. The lowest BCUT2D eigenvalue weighted by atomic mass is 10.1. The van der Waals surface area contributed by atoms with Gasteiger partial charge in [-0.25, -0.2) is 0 Å². The van der Waals surface area contributed by atoms with E-state index in [4.69, 9.17) is 4.74 Å². The van der Waals surface area contributed by atoms with Crippen molar-refractivity contribution in [1.82, 2.24) is 4.90 Å². The van der Waals surface area contributed by atoms with Gasteiger partial charge < -0.3 is 9.64 Å². The van der Waals surface area contributed by atoms with Gasteiger partial charge in [-0.1, -0.05) is 26.0 Å². The maximum Gasteiger partial charge on any atom is 0.119 e. The second kappa shape index (κ2) is 7.54. The number of ether oxygens (including phenoxy) is 1. The van der Waals surface area contributed by atoms with Gasteiger partial charge in [0.15, 0.2) is 0 Å². The molecule has 0 spiro atoms. The van der Waals surface area contributed by atoms with E-state index in [-0.39, 0.29) is 0 Å². The molecule has 1 aromatic carbocycles. The molecule has 0 aliphatic heterocycles. The fourth-order valence-corrected chi connectivity index (χ4v) is 1.98. The standard InChI is InChI=1S/C17H29NO/c1-13(2)12-19-17-9-7-16(8-10-17)11-15(5)18(6)14(3)4/h7-10,13-15H,11-12H2,1-6H3/t15-/m1/s1. The Labute approximate surface area is 118 Å². The van der Waals surface area contributed by atoms with Gasteiger partial charge in [0.05, 0.1) is 6.61 Å². The van der Waals surface area contributed by atoms with Crippen LogP contribution in [0.25, 0.3) is 0 Å². The second-order valence-electron chi connectivity index (χ2n) is 6.16. The van der Waals surface area contributed by atoms with Gasteiger partial charge in [0.25, 0.3) is 0 Å². The number of likely N-dealkylation sites (N-methyl/N-ethyl adjacent to an activating group) is 1. The summed E-state index contributed by atoms with van der Waals surface area (Å²) in [5, 5.41) is 0. The zero-order valence-corrected chi connectivity index (χ0v) is 13.3. The third-order valence-electron chi connectivity index (χ3n) is 3.55. The third-order valence-corrected chi connectivity index (χ3v) is 3.55. The summed E-state index contributed by atoms with van der Waals surface area (Å²) in [5.41, 5.74) is 1.37. The first-order chi connectivity index (χ1) is 8.90. The maximum atomic E-state index is 5.70. The number of nitrogens with zero attached hydrogens (tertiary/aromatic N) is 1. The molecule has 0 bridgehead atoms. The molecule has 1 aromatic rings. The molecule has 108 valence electrons. The van der Waals surface area contributed by atoms with Gasteiger partial charge in [0, 0.05) is 12.1 Å². The summed E-state index contributed by atoms with van der Waals surface area (Å²) in [4.78, 5) is 2.41. The summed E-state index contributed by atoms with van der Waals surface area (Å²) in [6, 6.07) is 9.67. The van der Waals surface area contributed by atoms with Gasteiger partial charge in [0.2, 0.25) is 0 Å². The van der Waals surface area contributed by atoms with Crippen LogP contribution in [0.2, 0.25) is 0 Å². The average molecular weight is 263 g/mol. The van der Waals surface area contributed by atoms with E-state index < -0.39 is 0 Å². The van der Waals surface area contributed by atoms with Gasteiger partial charge in [-0.15, -0.1) is 0 Å². The summed E-state index contributed by atoms with van der Waals surface area (Å²) in [5.74, 6) is 1.54. The van der Waals surface area contributed by atoms with Crippen molar-refractivity contribution in [2.24, 2.45) is 5.92 Å². The van der Waals surface area contributed by atoms with Gasteiger partial charge >= 0.3 is 0 Å². The van der Waals surface area contributed by atoms with Crippen molar-refractivity contribution in [3.05, 3.63) is 29.8 Å². The highest BCUT2D eigenvalue weighted by atomic mass is 16.5. The van der Waals surface area contributed by atoms with E-state index in [9.17, 15) is 0 Å². The monoisotopic (exact) mass is 263 g/mol. The fraction of sp³-hybridized carbons (Fsp3) is 0.647. The second-order valence-corrected chi connectivity index (χ2v) is 6.16. The van der Waals surface area contributed by atoms with E-state index in [0.29, 0.717) is 18.0 Å². The lowest BCUT2D eigenvalue weighted by Gasteiger charge is -2.28. The molecule has 0 heterocycles. The molecule has 0 saturated heterocycles. The van der Waals surface area contributed by atoms with E-state index in [2.05, 4.69) is 70.8 Å². The van der Waals surface area contributed by atoms with Crippen LogP contribution in [0.5, 0.6) is 5.75 Å². The van der Waals surface area contributed by atoms with Gasteiger partial charge in [0.1, 0.15) is 5.75 Å². The van der Waals surface area contributed by atoms with E-state index >= 15 is 0 Å². The summed E-state index contributed by atoms with van der Waals surface area (Å²) < 4.78 is 5.70. The Morgan fingerprint density at radius 3 is 2.05 bits per heavy atom. The van der Waals surface area contributed by atoms with Crippen LogP contribution < -0.4 is 4.74 Å². The Hall–Kier alpha value is -1.02. The van der Waals surface area contributed by atoms with E-state index in [1.165, 1.54) is 5.56 Å². The molecular weight excluding hydrogens is 234 g/mol. The van der Waals surface area contributed by atoms with E-state index in [1.54, 1.807) is 0 Å². The zero-order chi connectivity index (χ0) is 14.4. The topological polar surface area (TPSA) is 12.5 Å². The minimum absolute atomic E-state index is 0.558. The van der Waals surface area contributed by atoms with Crippen LogP contribution in [0.4, 0.5) is 0 Å². The van der Waals surface area contributed by atoms with Gasteiger partial charge in [-0.05, 0) is 57.9 Å². The van der Waals surface area contributed by atoms with Crippen LogP contribution >= 0.6 is 0 Å². The highest BCUT2D eigenvalue weighted by Gasteiger charge is 2.12. The molecule has 0 aliphatic rings. The summed E-state index contributed by atoms with van der Waals surface area (Å²) in [7, 11) is 2.19. The molecular formula is C17H29NO. The first-order valence-corrected chi connectivity index (χ1v) is 7.33. The minimum Gasteiger partial charge on any atom is -0.493 e. The van der Waals surface area contributed by atoms with Crippen molar-refractivity contribution in [2.45, 2.75) is 53.1 Å². The summed E-state index contributed by atoms with van der Waals surface area (Å²) in [6.45, 7) is 11.9. The molecule has 2 heteroatoms. The van der Waals surface area contributed by atoms with Gasteiger partial charge in [-0.3, -0.25) is 0 Å². The predicted molar refractivity (Wildman–Crippen MR) is 82.8 cm³/mol. The lowest BCUT2D eigenvalue weighted by molar-refractivity contribution is 0.207. The highest BCUT2D eigenvalue weighted by Crippen LogP contribution is 2.16. The van der Waals surface area contributed by atoms with Crippen molar-refractivity contribution in [3.8, 4) is 5.75 Å². The first-order valence-electron chi connectivity index (χ1n) is 7.33. The Balaban J connectivity index is 2.52. The fourth-order valence-electron chi connectivity index (χ4n) is 1.98. The van der Waals surface area contributed by atoms with Crippen LogP contribution in [0.15, 0.2) is 24.3 Å². The molecule has 0 unspecified atom stereocenters. The van der Waals surface area contributed by atoms with Crippen molar-refractivity contribution in [3.63, 3.8) is 0 Å². The van der Waals surface area contributed by atoms with Crippen molar-refractivity contribution in [1.29, 1.82) is 0 Å². The van der Waals surface area contributed by atoms with E-state index in [0.717, 1.165) is 18.8 Å². The molecule has 0 aliphatic carbocycles. The normalized spacial score (nSPS) is 13.3. The first kappa shape index (κ1) is 16.0. The molecule has 0 radical (unpaired) electrons. The molecule has 0 fully saturated rings. The molecule has 1 rings (SSSR count). The van der Waals surface area contributed by atoms with Crippen molar-refractivity contribution in [2.75, 3.05) is 13.7 Å². The third kappa shape index (κ3) is 5.65. The molecule has 0 N–H and O–H groups in total. The van der Waals surface area contributed by atoms with Crippen molar-refractivity contribution >= 4 is 0 Å². The number of hydrogen-bond donors (Lipinski definition) is 0. The van der Waals surface area contributed by atoms with Crippen LogP contribution in [0.3, 0.4) is 0 Å². The Kier molecular flexibility index (Phi) is 6.36. The Morgan fingerprint density at radius 2 is 1.58 bits per heavy atom. The number of benzene rings is 1. The zero-order valence-electron chi connectivity index (χ0n) is 13.3. The maximum absolute atomic E-state index is 5.70. The highest BCUT2D eigenvalue weighted by molar-refractivity contribution is 5.27. The molecule has 0 aromatic heterocycles. The largest absolute Gasteiger partial charge is 0.493 e. The smallest absolute Gasteiger partial charge is 0.119 e. The molecule has 2 nitrogen and oxygen atoms in total. The average Bonchev–Trinajstić information content (AvgIpc) is 2.36. The van der Waals surface area contributed by atoms with Gasteiger partial charge in [-0.2, -0.15) is 0 Å². The molecule has 0 saturated carbocycles. The number of rotatable bonds is 7. The van der Waals surface area contributed by atoms with Crippen LogP contribution in [0, 0.1) is 5.92 Å². The predicted octanol–water partition coefficient (Wildman–Crippen LogP) is 3.99. The summed E-state index contributed by atoms with van der Waals surface area (Å²) in [6.07, 6.45) is 1.08. The minimum atomic E-state index is 0.558. The Bertz CT molecular complexity index is 356. The lowest BCUT2D eigenvalue weighted by Crippen LogP contribution is -2.36. The van der Waals surface area contributed by atoms with Crippen molar-refractivity contribution < 1.29 is 4.74 Å². The number of hydrogen-bond acceptors (Lipinski definition) is 2.